The second-order valence-electron chi connectivity index (χ2n) is 24.2. The van der Waals surface area contributed by atoms with E-state index in [2.05, 4.69) is 55.6 Å². The maximum atomic E-state index is 12.5. The standard InChI is InChI=1S/C72H137NO5/c1-3-5-7-9-11-13-15-17-42-46-50-54-58-62-66-72(77)78-67-63-59-55-51-47-43-40-38-36-34-32-30-28-26-24-22-20-18-19-21-23-25-27-29-31-33-35-37-39-41-45-49-53-57-61-65-71(76)73-69(68-74)70(75)64-60-56-52-48-44-16-14-12-10-8-6-4-2/h9,11,15,17,20,22,69-70,74-75H,3-8,10,12-14,16,18-19,21,23-68H2,1-2H3,(H,73,76)/b11-9-,17-15-,22-20-. The minimum absolute atomic E-state index is 0.00570. The van der Waals surface area contributed by atoms with Crippen LogP contribution < -0.4 is 5.32 Å². The second kappa shape index (κ2) is 67.6. The molecule has 0 rings (SSSR count). The molecule has 0 aliphatic rings. The Morgan fingerprint density at radius 1 is 0.359 bits per heavy atom. The third kappa shape index (κ3) is 63.3. The highest BCUT2D eigenvalue weighted by Gasteiger charge is 2.20. The molecule has 0 aliphatic carbocycles. The van der Waals surface area contributed by atoms with Crippen LogP contribution in [0.1, 0.15) is 386 Å². The average molecular weight is 1100 g/mol. The molecule has 6 heteroatoms. The van der Waals surface area contributed by atoms with Gasteiger partial charge in [0.05, 0.1) is 25.4 Å². The van der Waals surface area contributed by atoms with E-state index in [1.807, 2.05) is 0 Å². The lowest BCUT2D eigenvalue weighted by atomic mass is 10.0. The fourth-order valence-corrected chi connectivity index (χ4v) is 11.0. The van der Waals surface area contributed by atoms with Gasteiger partial charge < -0.3 is 20.3 Å². The molecule has 2 unspecified atom stereocenters. The molecule has 0 aromatic rings. The molecule has 0 aliphatic heterocycles. The van der Waals surface area contributed by atoms with Crippen LogP contribution in [0.2, 0.25) is 0 Å². The molecule has 0 aromatic heterocycles. The molecular formula is C72H137NO5. The molecule has 78 heavy (non-hydrogen) atoms. The Hall–Kier alpha value is -1.92. The number of amides is 1. The summed E-state index contributed by atoms with van der Waals surface area (Å²) in [4.78, 5) is 24.5. The number of nitrogens with one attached hydrogen (secondary N) is 1. The second-order valence-corrected chi connectivity index (χ2v) is 24.2. The molecule has 0 heterocycles. The summed E-state index contributed by atoms with van der Waals surface area (Å²) in [6.07, 6.45) is 86.4. The molecule has 0 spiro atoms. The average Bonchev–Trinajstić information content (AvgIpc) is 3.44. The number of carbonyl (C=O) groups is 2. The molecule has 0 fully saturated rings. The van der Waals surface area contributed by atoms with Crippen LogP contribution in [0.25, 0.3) is 0 Å². The van der Waals surface area contributed by atoms with E-state index in [1.54, 1.807) is 0 Å². The van der Waals surface area contributed by atoms with Crippen LogP contribution >= 0.6 is 0 Å². The van der Waals surface area contributed by atoms with Crippen molar-refractivity contribution >= 4 is 11.9 Å². The largest absolute Gasteiger partial charge is 0.466 e. The molecule has 460 valence electrons. The minimum atomic E-state index is -0.660. The van der Waals surface area contributed by atoms with Crippen molar-refractivity contribution < 1.29 is 24.5 Å². The number of carbonyl (C=O) groups excluding carboxylic acids is 2. The van der Waals surface area contributed by atoms with Crippen LogP contribution in [0.3, 0.4) is 0 Å². The van der Waals surface area contributed by atoms with Crippen molar-refractivity contribution in [2.24, 2.45) is 0 Å². The maximum absolute atomic E-state index is 12.5. The zero-order chi connectivity index (χ0) is 56.4. The Labute approximate surface area is 487 Å². The summed E-state index contributed by atoms with van der Waals surface area (Å²) in [5.41, 5.74) is 0. The number of esters is 1. The number of aliphatic hydroxyl groups is 2. The Bertz CT molecular complexity index is 1260. The van der Waals surface area contributed by atoms with Gasteiger partial charge in [-0.15, -0.1) is 0 Å². The van der Waals surface area contributed by atoms with E-state index < -0.39 is 12.1 Å². The van der Waals surface area contributed by atoms with E-state index in [-0.39, 0.29) is 18.5 Å². The minimum Gasteiger partial charge on any atom is -0.466 e. The number of unbranched alkanes of at least 4 members (excludes halogenated alkanes) is 49. The number of aliphatic hydroxyl groups excluding tert-OH is 2. The smallest absolute Gasteiger partial charge is 0.305 e. The van der Waals surface area contributed by atoms with Gasteiger partial charge in [-0.05, 0) is 77.0 Å². The summed E-state index contributed by atoms with van der Waals surface area (Å²) in [6, 6.07) is -0.537. The van der Waals surface area contributed by atoms with E-state index >= 15 is 0 Å². The number of allylic oxidation sites excluding steroid dienone is 6. The van der Waals surface area contributed by atoms with Crippen molar-refractivity contribution in [2.75, 3.05) is 13.2 Å². The fourth-order valence-electron chi connectivity index (χ4n) is 11.0. The monoisotopic (exact) mass is 1100 g/mol. The quantitative estimate of drug-likeness (QED) is 0.0320. The highest BCUT2D eigenvalue weighted by atomic mass is 16.5. The van der Waals surface area contributed by atoms with E-state index in [9.17, 15) is 19.8 Å². The van der Waals surface area contributed by atoms with Crippen molar-refractivity contribution in [1.82, 2.24) is 5.32 Å². The van der Waals surface area contributed by atoms with Crippen LogP contribution in [0, 0.1) is 0 Å². The molecule has 0 aromatic carbocycles. The Balaban J connectivity index is 3.32. The van der Waals surface area contributed by atoms with Crippen LogP contribution in [-0.4, -0.2) is 47.4 Å². The van der Waals surface area contributed by atoms with E-state index in [1.165, 1.54) is 302 Å². The SMILES string of the molecule is CCCC/C=C\C/C=C\CCCCCCCC(=O)OCCCCCCCCCCCCCCCC/C=C\CCCCCCCCCCCCCCCCCCCC(=O)NC(CO)C(O)CCCCCCCCCCCCCC. The van der Waals surface area contributed by atoms with E-state index in [4.69, 9.17) is 4.74 Å². The summed E-state index contributed by atoms with van der Waals surface area (Å²) in [7, 11) is 0. The molecule has 2 atom stereocenters. The summed E-state index contributed by atoms with van der Waals surface area (Å²) >= 11 is 0. The lowest BCUT2D eigenvalue weighted by molar-refractivity contribution is -0.143. The Morgan fingerprint density at radius 3 is 1.03 bits per heavy atom. The maximum Gasteiger partial charge on any atom is 0.305 e. The predicted molar refractivity (Wildman–Crippen MR) is 343 cm³/mol. The zero-order valence-corrected chi connectivity index (χ0v) is 52.7. The normalized spacial score (nSPS) is 12.7. The van der Waals surface area contributed by atoms with Gasteiger partial charge in [-0.2, -0.15) is 0 Å². The van der Waals surface area contributed by atoms with Gasteiger partial charge in [-0.3, -0.25) is 9.59 Å². The van der Waals surface area contributed by atoms with Gasteiger partial charge in [0.15, 0.2) is 0 Å². The van der Waals surface area contributed by atoms with Gasteiger partial charge >= 0.3 is 5.97 Å². The van der Waals surface area contributed by atoms with Gasteiger partial charge in [0.1, 0.15) is 0 Å². The molecule has 0 bridgehead atoms. The van der Waals surface area contributed by atoms with Crippen molar-refractivity contribution in [3.05, 3.63) is 36.5 Å². The summed E-state index contributed by atoms with van der Waals surface area (Å²) in [6.45, 7) is 4.93. The first-order valence-corrected chi connectivity index (χ1v) is 35.2. The van der Waals surface area contributed by atoms with Crippen molar-refractivity contribution in [1.29, 1.82) is 0 Å². The Morgan fingerprint density at radius 2 is 0.654 bits per heavy atom. The first kappa shape index (κ1) is 76.1. The van der Waals surface area contributed by atoms with Crippen molar-refractivity contribution in [3.8, 4) is 0 Å². The lowest BCUT2D eigenvalue weighted by Gasteiger charge is -2.22. The first-order valence-electron chi connectivity index (χ1n) is 35.2. The van der Waals surface area contributed by atoms with Crippen molar-refractivity contribution in [3.63, 3.8) is 0 Å². The zero-order valence-electron chi connectivity index (χ0n) is 52.7. The van der Waals surface area contributed by atoms with Gasteiger partial charge in [-0.25, -0.2) is 0 Å². The predicted octanol–water partition coefficient (Wildman–Crippen LogP) is 22.7. The summed E-state index contributed by atoms with van der Waals surface area (Å²) < 4.78 is 5.48. The van der Waals surface area contributed by atoms with Crippen LogP contribution in [0.15, 0.2) is 36.5 Å². The number of hydrogen-bond acceptors (Lipinski definition) is 5. The van der Waals surface area contributed by atoms with E-state index in [0.29, 0.717) is 25.9 Å². The number of ether oxygens (including phenoxy) is 1. The summed E-state index contributed by atoms with van der Waals surface area (Å²) in [5.74, 6) is -0.0245. The lowest BCUT2D eigenvalue weighted by Crippen LogP contribution is -2.45. The van der Waals surface area contributed by atoms with Crippen LogP contribution in [-0.2, 0) is 14.3 Å². The molecule has 3 N–H and O–H groups in total. The first-order chi connectivity index (χ1) is 38.5. The van der Waals surface area contributed by atoms with Crippen molar-refractivity contribution in [2.45, 2.75) is 398 Å². The number of hydrogen-bond donors (Lipinski definition) is 3. The highest BCUT2D eigenvalue weighted by molar-refractivity contribution is 5.76. The fraction of sp³-hybridized carbons (Fsp3) is 0.889. The van der Waals surface area contributed by atoms with Crippen LogP contribution in [0.4, 0.5) is 0 Å². The number of rotatable bonds is 66. The van der Waals surface area contributed by atoms with Crippen LogP contribution in [0.5, 0.6) is 0 Å². The van der Waals surface area contributed by atoms with Gasteiger partial charge in [0.25, 0.3) is 0 Å². The highest BCUT2D eigenvalue weighted by Crippen LogP contribution is 2.19. The van der Waals surface area contributed by atoms with E-state index in [0.717, 1.165) is 51.4 Å². The molecule has 0 saturated carbocycles. The third-order valence-corrected chi connectivity index (χ3v) is 16.4. The third-order valence-electron chi connectivity index (χ3n) is 16.4. The topological polar surface area (TPSA) is 95.9 Å². The molecular weight excluding hydrogens is 959 g/mol. The Kier molecular flexibility index (Phi) is 65.9. The molecule has 0 radical (unpaired) electrons. The summed E-state index contributed by atoms with van der Waals surface area (Å²) in [5, 5.41) is 23.3. The molecule has 6 nitrogen and oxygen atoms in total. The van der Waals surface area contributed by atoms with Gasteiger partial charge in [-0.1, -0.05) is 333 Å². The molecule has 0 saturated heterocycles. The molecule has 1 amide bonds. The van der Waals surface area contributed by atoms with Gasteiger partial charge in [0, 0.05) is 12.8 Å². The van der Waals surface area contributed by atoms with Gasteiger partial charge in [0.2, 0.25) is 5.91 Å².